The zero-order valence-electron chi connectivity index (χ0n) is 4.92. The van der Waals surface area contributed by atoms with Crippen LogP contribution in [0.5, 0.6) is 0 Å². The first-order chi connectivity index (χ1) is 3.58. The molecule has 1 saturated heterocycles. The van der Waals surface area contributed by atoms with Crippen LogP contribution in [0.2, 0.25) is 0 Å². The maximum atomic E-state index is 8.93. The molecule has 3 heteroatoms. The molecule has 2 atom stereocenters. The molecule has 1 rings (SSSR count). The zero-order chi connectivity index (χ0) is 6.20. The van der Waals surface area contributed by atoms with Gasteiger partial charge < -0.3 is 15.6 Å². The quantitative estimate of drug-likeness (QED) is 0.376. The number of aliphatic hydroxyl groups is 1. The Hall–Kier alpha value is -0.120. The van der Waals surface area contributed by atoms with Crippen molar-refractivity contribution in [3.63, 3.8) is 0 Å². The summed E-state index contributed by atoms with van der Waals surface area (Å²) in [6.07, 6.45) is 0.766. The molecule has 0 radical (unpaired) electrons. The van der Waals surface area contributed by atoms with Crippen LogP contribution in [-0.4, -0.2) is 23.5 Å². The maximum Gasteiger partial charge on any atom is 0.113 e. The van der Waals surface area contributed by atoms with Gasteiger partial charge in [0.05, 0.1) is 12.7 Å². The van der Waals surface area contributed by atoms with E-state index in [1.54, 1.807) is 6.92 Å². The lowest BCUT2D eigenvalue weighted by Gasteiger charge is -2.14. The molecular formula is C5H11NO2. The topological polar surface area (TPSA) is 58.8 Å². The Bertz CT molecular complexity index is 82.9. The molecule has 0 bridgehead atoms. The van der Waals surface area contributed by atoms with E-state index in [2.05, 4.69) is 0 Å². The molecule has 0 aromatic carbocycles. The van der Waals surface area contributed by atoms with Gasteiger partial charge in [-0.25, -0.2) is 0 Å². The first-order valence-electron chi connectivity index (χ1n) is 2.71. The van der Waals surface area contributed by atoms with E-state index in [1.807, 2.05) is 0 Å². The Kier molecular flexibility index (Phi) is 1.27. The molecule has 1 heterocycles. The van der Waals surface area contributed by atoms with E-state index < -0.39 is 5.72 Å². The van der Waals surface area contributed by atoms with E-state index in [9.17, 15) is 0 Å². The Morgan fingerprint density at radius 2 is 2.50 bits per heavy atom. The third-order valence-corrected chi connectivity index (χ3v) is 1.04. The van der Waals surface area contributed by atoms with E-state index in [0.29, 0.717) is 6.42 Å². The number of epoxide rings is 1. The number of nitrogens with two attached hydrogens (primary N) is 1. The SMILES string of the molecule is CC(N)(O)CC1CO1. The highest BCUT2D eigenvalue weighted by atomic mass is 16.6. The second-order valence-electron chi connectivity index (χ2n) is 2.52. The third kappa shape index (κ3) is 2.26. The van der Waals surface area contributed by atoms with Crippen LogP contribution in [0.3, 0.4) is 0 Å². The van der Waals surface area contributed by atoms with Crippen LogP contribution < -0.4 is 5.73 Å². The van der Waals surface area contributed by atoms with Crippen molar-refractivity contribution in [3.05, 3.63) is 0 Å². The molecule has 0 aromatic rings. The summed E-state index contributed by atoms with van der Waals surface area (Å²) in [5.41, 5.74) is 4.21. The first kappa shape index (κ1) is 6.01. The molecular weight excluding hydrogens is 106 g/mol. The van der Waals surface area contributed by atoms with Gasteiger partial charge in [-0.15, -0.1) is 0 Å². The van der Waals surface area contributed by atoms with E-state index in [1.165, 1.54) is 0 Å². The average Bonchev–Trinajstić information content (AvgIpc) is 2.12. The van der Waals surface area contributed by atoms with Crippen molar-refractivity contribution in [1.29, 1.82) is 0 Å². The predicted molar refractivity (Wildman–Crippen MR) is 29.2 cm³/mol. The van der Waals surface area contributed by atoms with Crippen LogP contribution in [0.1, 0.15) is 13.3 Å². The van der Waals surface area contributed by atoms with E-state index in [0.717, 1.165) is 6.61 Å². The molecule has 0 spiro atoms. The van der Waals surface area contributed by atoms with Gasteiger partial charge in [-0.2, -0.15) is 0 Å². The molecule has 2 unspecified atom stereocenters. The molecule has 1 fully saturated rings. The predicted octanol–water partition coefficient (Wildman–Crippen LogP) is -0.558. The number of ether oxygens (including phenoxy) is 1. The molecule has 3 nitrogen and oxygen atoms in total. The Morgan fingerprint density at radius 3 is 2.62 bits per heavy atom. The molecule has 1 aliphatic rings. The monoisotopic (exact) mass is 117 g/mol. The van der Waals surface area contributed by atoms with Crippen molar-refractivity contribution in [3.8, 4) is 0 Å². The van der Waals surface area contributed by atoms with Gasteiger partial charge in [0.25, 0.3) is 0 Å². The summed E-state index contributed by atoms with van der Waals surface area (Å²) in [5, 5.41) is 8.93. The Labute approximate surface area is 48.4 Å². The van der Waals surface area contributed by atoms with Crippen molar-refractivity contribution >= 4 is 0 Å². The van der Waals surface area contributed by atoms with Crippen molar-refractivity contribution < 1.29 is 9.84 Å². The first-order valence-corrected chi connectivity index (χ1v) is 2.71. The lowest BCUT2D eigenvalue weighted by atomic mass is 10.1. The number of hydrogen-bond donors (Lipinski definition) is 2. The summed E-state index contributed by atoms with van der Waals surface area (Å²) in [6, 6.07) is 0. The lowest BCUT2D eigenvalue weighted by Crippen LogP contribution is -2.36. The van der Waals surface area contributed by atoms with Crippen molar-refractivity contribution in [1.82, 2.24) is 0 Å². The van der Waals surface area contributed by atoms with Crippen LogP contribution in [0.15, 0.2) is 0 Å². The van der Waals surface area contributed by atoms with Crippen molar-refractivity contribution in [2.75, 3.05) is 6.61 Å². The normalized spacial score (nSPS) is 34.1. The van der Waals surface area contributed by atoms with Crippen LogP contribution in [0.25, 0.3) is 0 Å². The second-order valence-corrected chi connectivity index (χ2v) is 2.52. The minimum absolute atomic E-state index is 0.218. The fourth-order valence-corrected chi connectivity index (χ4v) is 0.647. The second kappa shape index (κ2) is 1.69. The van der Waals surface area contributed by atoms with Gasteiger partial charge in [-0.05, 0) is 6.92 Å². The van der Waals surface area contributed by atoms with Gasteiger partial charge in [0.2, 0.25) is 0 Å². The fourth-order valence-electron chi connectivity index (χ4n) is 0.647. The summed E-state index contributed by atoms with van der Waals surface area (Å²) in [6.45, 7) is 2.34. The number of rotatable bonds is 2. The van der Waals surface area contributed by atoms with Crippen LogP contribution in [0.4, 0.5) is 0 Å². The summed E-state index contributed by atoms with van der Waals surface area (Å²) >= 11 is 0. The Balaban J connectivity index is 2.16. The van der Waals surface area contributed by atoms with Gasteiger partial charge in [0, 0.05) is 6.42 Å². The summed E-state index contributed by atoms with van der Waals surface area (Å²) in [7, 11) is 0. The molecule has 3 N–H and O–H groups in total. The molecule has 0 aliphatic carbocycles. The smallest absolute Gasteiger partial charge is 0.113 e. The number of hydrogen-bond acceptors (Lipinski definition) is 3. The van der Waals surface area contributed by atoms with Gasteiger partial charge in [0.1, 0.15) is 5.72 Å². The van der Waals surface area contributed by atoms with Gasteiger partial charge in [-0.3, -0.25) is 0 Å². The van der Waals surface area contributed by atoms with Crippen molar-refractivity contribution in [2.24, 2.45) is 5.73 Å². The van der Waals surface area contributed by atoms with Crippen LogP contribution in [-0.2, 0) is 4.74 Å². The Morgan fingerprint density at radius 1 is 2.00 bits per heavy atom. The summed E-state index contributed by atoms with van der Waals surface area (Å²) in [5.74, 6) is 0. The highest BCUT2D eigenvalue weighted by Gasteiger charge is 2.29. The minimum atomic E-state index is -1.04. The summed E-state index contributed by atoms with van der Waals surface area (Å²) < 4.78 is 4.84. The van der Waals surface area contributed by atoms with Crippen LogP contribution in [0, 0.1) is 0 Å². The fraction of sp³-hybridized carbons (Fsp3) is 1.00. The molecule has 0 amide bonds. The van der Waals surface area contributed by atoms with Crippen molar-refractivity contribution in [2.45, 2.75) is 25.2 Å². The van der Waals surface area contributed by atoms with Crippen LogP contribution >= 0.6 is 0 Å². The average molecular weight is 117 g/mol. The molecule has 8 heavy (non-hydrogen) atoms. The molecule has 0 saturated carbocycles. The molecule has 0 aromatic heterocycles. The van der Waals surface area contributed by atoms with Gasteiger partial charge in [-0.1, -0.05) is 0 Å². The molecule has 48 valence electrons. The van der Waals surface area contributed by atoms with E-state index in [4.69, 9.17) is 15.6 Å². The lowest BCUT2D eigenvalue weighted by molar-refractivity contribution is 0.0498. The molecule has 1 aliphatic heterocycles. The van der Waals surface area contributed by atoms with Gasteiger partial charge >= 0.3 is 0 Å². The van der Waals surface area contributed by atoms with E-state index >= 15 is 0 Å². The van der Waals surface area contributed by atoms with E-state index in [-0.39, 0.29) is 6.10 Å². The minimum Gasteiger partial charge on any atom is -0.376 e. The van der Waals surface area contributed by atoms with Gasteiger partial charge in [0.15, 0.2) is 0 Å². The third-order valence-electron chi connectivity index (χ3n) is 1.04. The standard InChI is InChI=1S/C5H11NO2/c1-5(6,7)2-4-3-8-4/h4,7H,2-3,6H2,1H3. The maximum absolute atomic E-state index is 8.93. The summed E-state index contributed by atoms with van der Waals surface area (Å²) in [4.78, 5) is 0. The highest BCUT2D eigenvalue weighted by molar-refractivity contribution is 4.77. The zero-order valence-corrected chi connectivity index (χ0v) is 4.92. The highest BCUT2D eigenvalue weighted by Crippen LogP contribution is 2.18. The largest absolute Gasteiger partial charge is 0.376 e.